The van der Waals surface area contributed by atoms with E-state index >= 15 is 0 Å². The molecule has 11 heteroatoms. The molecule has 0 amide bonds. The molecule has 0 aromatic heterocycles. The smallest absolute Gasteiger partial charge is 0.462 e. The summed E-state index contributed by atoms with van der Waals surface area (Å²) in [6, 6.07) is 0. The lowest BCUT2D eigenvalue weighted by molar-refractivity contribution is -0.870. The van der Waals surface area contributed by atoms with Crippen LogP contribution in [0.25, 0.3) is 0 Å². The number of rotatable bonds is 37. The molecule has 61 heavy (non-hydrogen) atoms. The van der Waals surface area contributed by atoms with E-state index in [0.29, 0.717) is 43.1 Å². The van der Waals surface area contributed by atoms with E-state index in [4.69, 9.17) is 18.5 Å². The maximum absolute atomic E-state index is 12.7. The summed E-state index contributed by atoms with van der Waals surface area (Å²) < 4.78 is 34.1. The SMILES string of the molecule is CC/C=C\C/C=C\C/C=C\C/C=C\C/C=C\CCCC(=O)OC[C@H](COP(=O)(O)OCC[N+](C)(C)C)OC(=O)CC/C=C\C/C=C\C/C=C\C=C\C(O)C/C=C\C/C=C\CC. The van der Waals surface area contributed by atoms with E-state index < -0.39 is 38.6 Å². The molecule has 3 atom stereocenters. The Bertz CT molecular complexity index is 1510. The Morgan fingerprint density at radius 3 is 1.62 bits per heavy atom. The number of unbranched alkanes of at least 4 members (excludes halogenated alkanes) is 1. The largest absolute Gasteiger partial charge is 0.472 e. The van der Waals surface area contributed by atoms with Crippen molar-refractivity contribution in [3.8, 4) is 0 Å². The third-order valence-corrected chi connectivity index (χ3v) is 9.25. The highest BCUT2D eigenvalue weighted by Crippen LogP contribution is 2.43. The molecular weight excluding hydrogens is 790 g/mol. The van der Waals surface area contributed by atoms with Crippen molar-refractivity contribution in [3.05, 3.63) is 134 Å². The summed E-state index contributed by atoms with van der Waals surface area (Å²) in [5.74, 6) is -1.01. The van der Waals surface area contributed by atoms with Crippen molar-refractivity contribution in [3.63, 3.8) is 0 Å². The molecule has 10 nitrogen and oxygen atoms in total. The molecule has 0 saturated carbocycles. The van der Waals surface area contributed by atoms with E-state index in [1.807, 2.05) is 75.8 Å². The Labute approximate surface area is 369 Å². The van der Waals surface area contributed by atoms with Crippen LogP contribution in [0.5, 0.6) is 0 Å². The number of ether oxygens (including phenoxy) is 2. The number of carbonyl (C=O) groups excluding carboxylic acids is 2. The van der Waals surface area contributed by atoms with E-state index in [-0.39, 0.29) is 26.1 Å². The van der Waals surface area contributed by atoms with Crippen molar-refractivity contribution in [1.29, 1.82) is 0 Å². The molecular formula is C50H79NO9P+. The summed E-state index contributed by atoms with van der Waals surface area (Å²) >= 11 is 0. The molecule has 0 radical (unpaired) electrons. The average molecular weight is 869 g/mol. The second-order valence-corrected chi connectivity index (χ2v) is 16.6. The van der Waals surface area contributed by atoms with Crippen molar-refractivity contribution >= 4 is 19.8 Å². The second kappa shape index (κ2) is 40.2. The number of quaternary nitrogens is 1. The predicted molar refractivity (Wildman–Crippen MR) is 253 cm³/mol. The lowest BCUT2D eigenvalue weighted by Crippen LogP contribution is -2.37. The third kappa shape index (κ3) is 44.0. The molecule has 0 aliphatic heterocycles. The minimum absolute atomic E-state index is 0.00861. The van der Waals surface area contributed by atoms with Crippen molar-refractivity contribution in [2.75, 3.05) is 47.5 Å². The zero-order chi connectivity index (χ0) is 45.1. The molecule has 0 saturated heterocycles. The van der Waals surface area contributed by atoms with Crippen LogP contribution in [0, 0.1) is 0 Å². The van der Waals surface area contributed by atoms with Crippen LogP contribution >= 0.6 is 7.82 Å². The minimum Gasteiger partial charge on any atom is -0.462 e. The zero-order valence-electron chi connectivity index (χ0n) is 37.9. The molecule has 0 aliphatic rings. The Morgan fingerprint density at radius 1 is 0.590 bits per heavy atom. The molecule has 0 aliphatic carbocycles. The van der Waals surface area contributed by atoms with Crippen molar-refractivity contribution in [2.45, 2.75) is 122 Å². The number of likely N-dealkylation sites (N-methyl/N-ethyl adjacent to an activating group) is 1. The van der Waals surface area contributed by atoms with Gasteiger partial charge in [0.15, 0.2) is 6.10 Å². The Kier molecular flexibility index (Phi) is 37.6. The van der Waals surface area contributed by atoms with Crippen LogP contribution in [-0.4, -0.2) is 86.1 Å². The molecule has 0 bridgehead atoms. The Morgan fingerprint density at radius 2 is 1.08 bits per heavy atom. The molecule has 0 heterocycles. The first-order chi connectivity index (χ1) is 29.4. The number of phosphoric ester groups is 1. The quantitative estimate of drug-likeness (QED) is 0.0157. The monoisotopic (exact) mass is 869 g/mol. The number of allylic oxidation sites excluding steroid dienone is 20. The van der Waals surface area contributed by atoms with Crippen LogP contribution in [0.4, 0.5) is 0 Å². The Hall–Kier alpha value is -3.89. The number of hydrogen-bond acceptors (Lipinski definition) is 8. The summed E-state index contributed by atoms with van der Waals surface area (Å²) in [4.78, 5) is 35.3. The van der Waals surface area contributed by atoms with Gasteiger partial charge in [0.1, 0.15) is 19.8 Å². The van der Waals surface area contributed by atoms with Crippen LogP contribution in [0.15, 0.2) is 134 Å². The minimum atomic E-state index is -4.43. The van der Waals surface area contributed by atoms with E-state index in [1.54, 1.807) is 6.08 Å². The molecule has 0 spiro atoms. The highest BCUT2D eigenvalue weighted by Gasteiger charge is 2.27. The van der Waals surface area contributed by atoms with Gasteiger partial charge >= 0.3 is 19.8 Å². The van der Waals surface area contributed by atoms with Crippen LogP contribution in [0.3, 0.4) is 0 Å². The van der Waals surface area contributed by atoms with Gasteiger partial charge in [0.2, 0.25) is 0 Å². The molecule has 342 valence electrons. The van der Waals surface area contributed by atoms with Gasteiger partial charge in [-0.05, 0) is 83.5 Å². The van der Waals surface area contributed by atoms with Gasteiger partial charge in [-0.1, -0.05) is 148 Å². The van der Waals surface area contributed by atoms with Crippen molar-refractivity contribution < 1.29 is 47.2 Å². The fourth-order valence-corrected chi connectivity index (χ4v) is 5.60. The number of aliphatic hydroxyl groups is 1. The number of carbonyl (C=O) groups is 2. The highest BCUT2D eigenvalue weighted by molar-refractivity contribution is 7.47. The van der Waals surface area contributed by atoms with Gasteiger partial charge in [-0.2, -0.15) is 0 Å². The first kappa shape index (κ1) is 57.1. The molecule has 0 aromatic carbocycles. The van der Waals surface area contributed by atoms with Gasteiger partial charge in [0.25, 0.3) is 0 Å². The fraction of sp³-hybridized carbons (Fsp3) is 0.520. The van der Waals surface area contributed by atoms with Gasteiger partial charge in [-0.25, -0.2) is 4.57 Å². The third-order valence-electron chi connectivity index (χ3n) is 8.27. The number of hydrogen-bond donors (Lipinski definition) is 2. The zero-order valence-corrected chi connectivity index (χ0v) is 38.8. The molecule has 0 aromatic rings. The van der Waals surface area contributed by atoms with E-state index in [1.165, 1.54) is 0 Å². The standard InChI is InChI=1S/C50H78NO9P/c1-6-8-10-12-14-15-16-17-18-19-20-21-22-26-29-33-37-41-49(53)57-45-48(46-59-61(55,56)58-44-43-51(3,4)5)60-50(54)42-38-34-30-27-24-23-25-28-32-36-40-47(52)39-35-31-13-11-9-7-2/h8-11,14-15,17-18,20-21,23-24,26,28-32,34-36,40,47-48,52H,6-7,12-13,16,19,22,25,27,33,37-39,41-46H2,1-5H3/p+1/b10-8-,11-9-,15-14-,18-17-,21-20-,24-23-,29-26-,32-28-,34-30-,35-31-,40-36+/t47?,48-/m1/s1. The van der Waals surface area contributed by atoms with Crippen LogP contribution < -0.4 is 0 Å². The summed E-state index contributed by atoms with van der Waals surface area (Å²) in [5.41, 5.74) is 0. The lowest BCUT2D eigenvalue weighted by Gasteiger charge is -2.24. The Balaban J connectivity index is 4.67. The first-order valence-corrected chi connectivity index (χ1v) is 23.5. The number of esters is 2. The molecule has 2 unspecified atom stereocenters. The normalized spacial score (nSPS) is 15.3. The highest BCUT2D eigenvalue weighted by atomic mass is 31.2. The second-order valence-electron chi connectivity index (χ2n) is 15.2. The molecule has 2 N–H and O–H groups in total. The van der Waals surface area contributed by atoms with Gasteiger partial charge in [-0.3, -0.25) is 18.6 Å². The number of aliphatic hydroxyl groups excluding tert-OH is 1. The number of phosphoric acid groups is 1. The number of nitrogens with zero attached hydrogens (tertiary/aromatic N) is 1. The van der Waals surface area contributed by atoms with Crippen LogP contribution in [0.1, 0.15) is 110 Å². The maximum Gasteiger partial charge on any atom is 0.472 e. The lowest BCUT2D eigenvalue weighted by atomic mass is 10.2. The van der Waals surface area contributed by atoms with Gasteiger partial charge in [0, 0.05) is 12.8 Å². The van der Waals surface area contributed by atoms with Crippen LogP contribution in [0.2, 0.25) is 0 Å². The van der Waals surface area contributed by atoms with E-state index in [9.17, 15) is 24.2 Å². The summed E-state index contributed by atoms with van der Waals surface area (Å²) in [7, 11) is 1.34. The van der Waals surface area contributed by atoms with Gasteiger partial charge < -0.3 is 24.0 Å². The average Bonchev–Trinajstić information content (AvgIpc) is 3.21. The summed E-state index contributed by atoms with van der Waals surface area (Å²) in [6.45, 7) is 3.91. The fourth-order valence-electron chi connectivity index (χ4n) is 4.86. The van der Waals surface area contributed by atoms with E-state index in [2.05, 4.69) is 86.8 Å². The maximum atomic E-state index is 12.7. The van der Waals surface area contributed by atoms with E-state index in [0.717, 1.165) is 51.4 Å². The van der Waals surface area contributed by atoms with Crippen molar-refractivity contribution in [1.82, 2.24) is 0 Å². The van der Waals surface area contributed by atoms with Gasteiger partial charge in [-0.15, -0.1) is 0 Å². The van der Waals surface area contributed by atoms with Gasteiger partial charge in [0.05, 0.1) is 33.9 Å². The summed E-state index contributed by atoms with van der Waals surface area (Å²) in [6.07, 6.45) is 54.1. The molecule has 0 fully saturated rings. The topological polar surface area (TPSA) is 129 Å². The van der Waals surface area contributed by atoms with Crippen molar-refractivity contribution in [2.24, 2.45) is 0 Å². The first-order valence-electron chi connectivity index (χ1n) is 22.0. The molecule has 0 rings (SSSR count). The van der Waals surface area contributed by atoms with Crippen LogP contribution in [-0.2, 0) is 32.7 Å². The predicted octanol–water partition coefficient (Wildman–Crippen LogP) is 11.7. The summed E-state index contributed by atoms with van der Waals surface area (Å²) in [5, 5.41) is 10.0.